The van der Waals surface area contributed by atoms with Gasteiger partial charge in [-0.05, 0) is 42.0 Å². The van der Waals surface area contributed by atoms with Crippen LogP contribution >= 0.6 is 0 Å². The van der Waals surface area contributed by atoms with Crippen molar-refractivity contribution in [2.24, 2.45) is 0 Å². The summed E-state index contributed by atoms with van der Waals surface area (Å²) in [7, 11) is 3.27. The van der Waals surface area contributed by atoms with Crippen molar-refractivity contribution in [1.82, 2.24) is 14.8 Å². The molecule has 3 aromatic rings. The monoisotopic (exact) mass is 464 g/mol. The van der Waals surface area contributed by atoms with E-state index in [1.165, 1.54) is 40.3 Å². The number of urea groups is 1. The standard InChI is InChI=1S/C25H25FN4O4/c1-25(2)13-30(22(31)14-5-7-15(26)8-6-14)12-18(23(32)33)21-20(25)17-10-9-16(11-19(17)28-21)27-24(34)29(3)4/h5-12,28H,13H2,1-4H3,(H,27,34)(H,32,33). The van der Waals surface area contributed by atoms with Crippen molar-refractivity contribution in [1.29, 1.82) is 0 Å². The Morgan fingerprint density at radius 3 is 2.41 bits per heavy atom. The topological polar surface area (TPSA) is 106 Å². The maximum absolute atomic E-state index is 13.3. The van der Waals surface area contributed by atoms with Gasteiger partial charge in [-0.1, -0.05) is 19.9 Å². The second-order valence-electron chi connectivity index (χ2n) is 9.13. The molecule has 0 spiro atoms. The average molecular weight is 464 g/mol. The van der Waals surface area contributed by atoms with Crippen LogP contribution in [0.2, 0.25) is 0 Å². The lowest BCUT2D eigenvalue weighted by molar-refractivity contribution is -0.130. The van der Waals surface area contributed by atoms with Crippen LogP contribution < -0.4 is 5.32 Å². The molecule has 1 aliphatic heterocycles. The van der Waals surface area contributed by atoms with E-state index in [1.807, 2.05) is 19.9 Å². The van der Waals surface area contributed by atoms with Crippen molar-refractivity contribution < 1.29 is 23.9 Å². The second-order valence-corrected chi connectivity index (χ2v) is 9.13. The molecule has 0 saturated carbocycles. The van der Waals surface area contributed by atoms with Crippen LogP contribution in [0, 0.1) is 5.82 Å². The number of hydrogen-bond donors (Lipinski definition) is 3. The van der Waals surface area contributed by atoms with E-state index in [0.29, 0.717) is 16.9 Å². The summed E-state index contributed by atoms with van der Waals surface area (Å²) in [6, 6.07) is 10.2. The molecule has 176 valence electrons. The zero-order valence-corrected chi connectivity index (χ0v) is 19.3. The van der Waals surface area contributed by atoms with Crippen molar-refractivity contribution in [3.8, 4) is 0 Å². The third kappa shape index (κ3) is 4.12. The molecule has 0 radical (unpaired) electrons. The molecule has 3 amide bonds. The number of carboxylic acids is 1. The summed E-state index contributed by atoms with van der Waals surface area (Å²) >= 11 is 0. The Bertz CT molecular complexity index is 1340. The van der Waals surface area contributed by atoms with E-state index >= 15 is 0 Å². The molecule has 34 heavy (non-hydrogen) atoms. The quantitative estimate of drug-likeness (QED) is 0.539. The van der Waals surface area contributed by atoms with E-state index < -0.39 is 23.1 Å². The minimum absolute atomic E-state index is 0.0638. The van der Waals surface area contributed by atoms with Gasteiger partial charge in [-0.25, -0.2) is 14.0 Å². The highest BCUT2D eigenvalue weighted by molar-refractivity contribution is 6.17. The number of nitrogens with one attached hydrogen (secondary N) is 2. The first-order valence-electron chi connectivity index (χ1n) is 10.6. The van der Waals surface area contributed by atoms with Crippen LogP contribution in [-0.4, -0.2) is 58.4 Å². The van der Waals surface area contributed by atoms with Crippen LogP contribution in [0.4, 0.5) is 14.9 Å². The maximum Gasteiger partial charge on any atom is 0.339 e. The summed E-state index contributed by atoms with van der Waals surface area (Å²) in [4.78, 5) is 43.4. The van der Waals surface area contributed by atoms with Crippen molar-refractivity contribution in [2.75, 3.05) is 26.0 Å². The Morgan fingerprint density at radius 2 is 1.79 bits per heavy atom. The molecule has 0 aliphatic carbocycles. The molecule has 3 N–H and O–H groups in total. The predicted octanol–water partition coefficient (Wildman–Crippen LogP) is 4.26. The molecule has 0 unspecified atom stereocenters. The Labute approximate surface area is 195 Å². The number of H-pyrrole nitrogens is 1. The van der Waals surface area contributed by atoms with Crippen molar-refractivity contribution in [3.05, 3.63) is 71.3 Å². The number of hydrogen-bond acceptors (Lipinski definition) is 3. The number of benzene rings is 2. The van der Waals surface area contributed by atoms with Gasteiger partial charge in [0.05, 0.1) is 11.3 Å². The van der Waals surface area contributed by atoms with Gasteiger partial charge in [0.25, 0.3) is 5.91 Å². The number of anilines is 1. The van der Waals surface area contributed by atoms with Crippen LogP contribution in [-0.2, 0) is 10.2 Å². The Hall–Kier alpha value is -4.14. The van der Waals surface area contributed by atoms with Gasteiger partial charge in [0, 0.05) is 54.4 Å². The molecule has 0 atom stereocenters. The summed E-state index contributed by atoms with van der Waals surface area (Å²) in [5, 5.41) is 13.6. The molecule has 9 heteroatoms. The summed E-state index contributed by atoms with van der Waals surface area (Å²) in [5.74, 6) is -2.07. The van der Waals surface area contributed by atoms with Gasteiger partial charge in [0.15, 0.2) is 0 Å². The number of halogens is 1. The van der Waals surface area contributed by atoms with Crippen LogP contribution in [0.15, 0.2) is 48.7 Å². The highest BCUT2D eigenvalue weighted by Crippen LogP contribution is 2.41. The minimum Gasteiger partial charge on any atom is -0.478 e. The average Bonchev–Trinajstić information content (AvgIpc) is 3.10. The smallest absolute Gasteiger partial charge is 0.339 e. The lowest BCUT2D eigenvalue weighted by atomic mass is 9.81. The van der Waals surface area contributed by atoms with Gasteiger partial charge in [-0.2, -0.15) is 0 Å². The fourth-order valence-electron chi connectivity index (χ4n) is 4.24. The Morgan fingerprint density at radius 1 is 1.12 bits per heavy atom. The lowest BCUT2D eigenvalue weighted by Crippen LogP contribution is -2.36. The highest BCUT2D eigenvalue weighted by Gasteiger charge is 2.37. The first-order chi connectivity index (χ1) is 16.0. The van der Waals surface area contributed by atoms with E-state index in [4.69, 9.17) is 0 Å². The number of aromatic nitrogens is 1. The number of rotatable bonds is 3. The van der Waals surface area contributed by atoms with E-state index in [1.54, 1.807) is 26.2 Å². The number of carbonyl (C=O) groups is 3. The van der Waals surface area contributed by atoms with Crippen LogP contribution in [0.25, 0.3) is 16.5 Å². The molecular weight excluding hydrogens is 439 g/mol. The minimum atomic E-state index is -1.19. The number of aliphatic carboxylic acids is 1. The van der Waals surface area contributed by atoms with E-state index in [2.05, 4.69) is 10.3 Å². The molecule has 0 bridgehead atoms. The maximum atomic E-state index is 13.3. The first kappa shape index (κ1) is 23.0. The number of carboxylic acid groups (broad SMARTS) is 1. The number of fused-ring (bicyclic) bond motifs is 3. The van der Waals surface area contributed by atoms with E-state index in [0.717, 1.165) is 10.9 Å². The molecule has 1 aromatic heterocycles. The van der Waals surface area contributed by atoms with Gasteiger partial charge < -0.3 is 25.2 Å². The predicted molar refractivity (Wildman–Crippen MR) is 127 cm³/mol. The van der Waals surface area contributed by atoms with Gasteiger partial charge in [0.2, 0.25) is 0 Å². The lowest BCUT2D eigenvalue weighted by Gasteiger charge is -2.29. The fourth-order valence-corrected chi connectivity index (χ4v) is 4.24. The van der Waals surface area contributed by atoms with Gasteiger partial charge in [0.1, 0.15) is 5.82 Å². The zero-order chi connectivity index (χ0) is 24.8. The van der Waals surface area contributed by atoms with Crippen LogP contribution in [0.3, 0.4) is 0 Å². The van der Waals surface area contributed by atoms with Crippen molar-refractivity contribution >= 4 is 40.1 Å². The molecule has 0 fully saturated rings. The Balaban J connectivity index is 1.82. The third-order valence-corrected chi connectivity index (χ3v) is 5.84. The summed E-state index contributed by atoms with van der Waals surface area (Å²) in [6.45, 7) is 4.08. The summed E-state index contributed by atoms with van der Waals surface area (Å²) in [6.07, 6.45) is 1.33. The van der Waals surface area contributed by atoms with Crippen molar-refractivity contribution in [3.63, 3.8) is 0 Å². The molecule has 2 aromatic carbocycles. The molecule has 0 saturated heterocycles. The van der Waals surface area contributed by atoms with Gasteiger partial charge in [-0.3, -0.25) is 4.79 Å². The van der Waals surface area contributed by atoms with E-state index in [-0.39, 0.29) is 23.7 Å². The molecule has 8 nitrogen and oxygen atoms in total. The van der Waals surface area contributed by atoms with E-state index in [9.17, 15) is 23.9 Å². The largest absolute Gasteiger partial charge is 0.478 e. The molecule has 4 rings (SSSR count). The fraction of sp³-hybridized carbons (Fsp3) is 0.240. The first-order valence-corrected chi connectivity index (χ1v) is 10.6. The molecule has 1 aliphatic rings. The second kappa shape index (κ2) is 8.33. The van der Waals surface area contributed by atoms with Crippen molar-refractivity contribution in [2.45, 2.75) is 19.3 Å². The summed E-state index contributed by atoms with van der Waals surface area (Å²) in [5.41, 5.74) is 1.95. The Kier molecular flexibility index (Phi) is 5.64. The molecular formula is C25H25FN4O4. The highest BCUT2D eigenvalue weighted by atomic mass is 19.1. The SMILES string of the molecule is CN(C)C(=O)Nc1ccc2c3c([nH]c2c1)C(C(=O)O)=CN(C(=O)c1ccc(F)cc1)CC3(C)C. The van der Waals surface area contributed by atoms with Crippen LogP contribution in [0.5, 0.6) is 0 Å². The van der Waals surface area contributed by atoms with Crippen LogP contribution in [0.1, 0.15) is 35.5 Å². The third-order valence-electron chi connectivity index (χ3n) is 5.84. The number of nitrogens with zero attached hydrogens (tertiary/aromatic N) is 2. The summed E-state index contributed by atoms with van der Waals surface area (Å²) < 4.78 is 13.3. The van der Waals surface area contributed by atoms with Gasteiger partial charge >= 0.3 is 12.0 Å². The van der Waals surface area contributed by atoms with Gasteiger partial charge in [-0.15, -0.1) is 0 Å². The molecule has 2 heterocycles. The number of aromatic amines is 1. The number of amides is 3. The zero-order valence-electron chi connectivity index (χ0n) is 19.3. The normalized spacial score (nSPS) is 14.7. The number of carbonyl (C=O) groups excluding carboxylic acids is 2.